The van der Waals surface area contributed by atoms with E-state index in [2.05, 4.69) is 0 Å². The Balaban J connectivity index is 2.15. The van der Waals surface area contributed by atoms with Crippen molar-refractivity contribution < 1.29 is 9.18 Å². The van der Waals surface area contributed by atoms with E-state index in [1.165, 1.54) is 12.1 Å². The Bertz CT molecular complexity index is 436. The average Bonchev–Trinajstić information content (AvgIpc) is 2.37. The Labute approximate surface area is 107 Å². The molecular formula is C14H19FN2O. The number of benzene rings is 1. The molecule has 1 amide bonds. The standard InChI is InChI=1S/C14H19FN2O/c1-2-14(18)17-8-11(7-13(16)9-17)10-4-3-5-12(15)6-10/h3-6,11,13H,2,7-9,16H2,1H3. The Hall–Kier alpha value is -1.42. The molecule has 2 unspecified atom stereocenters. The minimum absolute atomic E-state index is 0.0254. The lowest BCUT2D eigenvalue weighted by molar-refractivity contribution is -0.132. The van der Waals surface area contributed by atoms with Gasteiger partial charge in [0, 0.05) is 31.5 Å². The van der Waals surface area contributed by atoms with Crippen LogP contribution in [0.1, 0.15) is 31.2 Å². The van der Waals surface area contributed by atoms with Gasteiger partial charge in [-0.15, -0.1) is 0 Å². The number of likely N-dealkylation sites (tertiary alicyclic amines) is 1. The molecule has 0 bridgehead atoms. The van der Waals surface area contributed by atoms with Gasteiger partial charge in [0.2, 0.25) is 5.91 Å². The minimum Gasteiger partial charge on any atom is -0.341 e. The van der Waals surface area contributed by atoms with Crippen molar-refractivity contribution in [2.45, 2.75) is 31.7 Å². The van der Waals surface area contributed by atoms with Crippen molar-refractivity contribution in [2.75, 3.05) is 13.1 Å². The van der Waals surface area contributed by atoms with Gasteiger partial charge in [0.1, 0.15) is 5.82 Å². The van der Waals surface area contributed by atoms with E-state index in [0.717, 1.165) is 12.0 Å². The lowest BCUT2D eigenvalue weighted by Crippen LogP contribution is -2.48. The summed E-state index contributed by atoms with van der Waals surface area (Å²) in [5.41, 5.74) is 6.93. The maximum Gasteiger partial charge on any atom is 0.222 e. The zero-order valence-corrected chi connectivity index (χ0v) is 10.6. The first-order chi connectivity index (χ1) is 8.60. The first kappa shape index (κ1) is 13.0. The predicted octanol–water partition coefficient (Wildman–Crippen LogP) is 1.88. The lowest BCUT2D eigenvalue weighted by atomic mass is 9.88. The summed E-state index contributed by atoms with van der Waals surface area (Å²) in [5, 5.41) is 0. The number of carbonyl (C=O) groups excluding carboxylic acids is 1. The van der Waals surface area contributed by atoms with E-state index >= 15 is 0 Å². The minimum atomic E-state index is -0.236. The maximum atomic E-state index is 13.2. The molecule has 1 aliphatic rings. The molecule has 4 heteroatoms. The highest BCUT2D eigenvalue weighted by molar-refractivity contribution is 5.76. The quantitative estimate of drug-likeness (QED) is 0.871. The van der Waals surface area contributed by atoms with E-state index in [4.69, 9.17) is 5.73 Å². The molecule has 1 saturated heterocycles. The summed E-state index contributed by atoms with van der Waals surface area (Å²) >= 11 is 0. The second-order valence-electron chi connectivity index (χ2n) is 4.90. The zero-order chi connectivity index (χ0) is 13.1. The lowest BCUT2D eigenvalue weighted by Gasteiger charge is -2.36. The maximum absolute atomic E-state index is 13.2. The summed E-state index contributed by atoms with van der Waals surface area (Å²) in [6, 6.07) is 6.55. The SMILES string of the molecule is CCC(=O)N1CC(N)CC(c2cccc(F)c2)C1. The monoisotopic (exact) mass is 250 g/mol. The Kier molecular flexibility index (Phi) is 3.97. The van der Waals surface area contributed by atoms with Crippen LogP contribution in [0.2, 0.25) is 0 Å². The smallest absolute Gasteiger partial charge is 0.222 e. The fraction of sp³-hybridized carbons (Fsp3) is 0.500. The number of hydrogen-bond donors (Lipinski definition) is 1. The van der Waals surface area contributed by atoms with Gasteiger partial charge in [-0.3, -0.25) is 4.79 Å². The van der Waals surface area contributed by atoms with Crippen LogP contribution in [0, 0.1) is 5.82 Å². The summed E-state index contributed by atoms with van der Waals surface area (Å²) in [6.45, 7) is 3.10. The van der Waals surface area contributed by atoms with E-state index in [9.17, 15) is 9.18 Å². The number of halogens is 1. The molecule has 1 aliphatic heterocycles. The van der Waals surface area contributed by atoms with Crippen molar-refractivity contribution in [1.82, 2.24) is 4.90 Å². The highest BCUT2D eigenvalue weighted by Gasteiger charge is 2.28. The molecule has 0 saturated carbocycles. The molecule has 0 aliphatic carbocycles. The number of rotatable bonds is 2. The summed E-state index contributed by atoms with van der Waals surface area (Å²) in [5.74, 6) is 0.0199. The van der Waals surface area contributed by atoms with Gasteiger partial charge >= 0.3 is 0 Å². The van der Waals surface area contributed by atoms with Gasteiger partial charge in [0.05, 0.1) is 0 Å². The summed E-state index contributed by atoms with van der Waals surface area (Å²) in [6.07, 6.45) is 1.29. The fourth-order valence-electron chi connectivity index (χ4n) is 2.57. The van der Waals surface area contributed by atoms with Gasteiger partial charge in [-0.1, -0.05) is 19.1 Å². The molecule has 18 heavy (non-hydrogen) atoms. The van der Waals surface area contributed by atoms with Crippen molar-refractivity contribution in [3.63, 3.8) is 0 Å². The van der Waals surface area contributed by atoms with Crippen LogP contribution in [-0.4, -0.2) is 29.9 Å². The first-order valence-corrected chi connectivity index (χ1v) is 6.39. The molecule has 1 aromatic carbocycles. The van der Waals surface area contributed by atoms with Crippen LogP contribution >= 0.6 is 0 Å². The van der Waals surface area contributed by atoms with E-state index in [1.807, 2.05) is 13.0 Å². The van der Waals surface area contributed by atoms with Gasteiger partial charge in [-0.05, 0) is 24.1 Å². The highest BCUT2D eigenvalue weighted by atomic mass is 19.1. The van der Waals surface area contributed by atoms with Crippen LogP contribution in [0.3, 0.4) is 0 Å². The Morgan fingerprint density at radius 2 is 2.28 bits per heavy atom. The summed E-state index contributed by atoms with van der Waals surface area (Å²) in [4.78, 5) is 13.5. The molecule has 1 aromatic rings. The topological polar surface area (TPSA) is 46.3 Å². The van der Waals surface area contributed by atoms with Crippen molar-refractivity contribution in [1.29, 1.82) is 0 Å². The van der Waals surface area contributed by atoms with Crippen LogP contribution in [0.15, 0.2) is 24.3 Å². The molecule has 1 fully saturated rings. The van der Waals surface area contributed by atoms with Crippen LogP contribution in [0.5, 0.6) is 0 Å². The molecule has 98 valence electrons. The van der Waals surface area contributed by atoms with Gasteiger partial charge in [-0.2, -0.15) is 0 Å². The van der Waals surface area contributed by atoms with E-state index < -0.39 is 0 Å². The number of piperidine rings is 1. The largest absolute Gasteiger partial charge is 0.341 e. The second-order valence-corrected chi connectivity index (χ2v) is 4.90. The third-order valence-corrected chi connectivity index (χ3v) is 3.46. The molecule has 3 nitrogen and oxygen atoms in total. The normalized spacial score (nSPS) is 24.1. The highest BCUT2D eigenvalue weighted by Crippen LogP contribution is 2.27. The number of hydrogen-bond acceptors (Lipinski definition) is 2. The molecule has 2 rings (SSSR count). The Morgan fingerprint density at radius 1 is 1.50 bits per heavy atom. The van der Waals surface area contributed by atoms with Crippen LogP contribution in [0.25, 0.3) is 0 Å². The van der Waals surface area contributed by atoms with Gasteiger partial charge in [-0.25, -0.2) is 4.39 Å². The van der Waals surface area contributed by atoms with Crippen molar-refractivity contribution in [3.05, 3.63) is 35.6 Å². The summed E-state index contributed by atoms with van der Waals surface area (Å²) < 4.78 is 13.2. The fourth-order valence-corrected chi connectivity index (χ4v) is 2.57. The number of carbonyl (C=O) groups is 1. The third-order valence-electron chi connectivity index (χ3n) is 3.46. The number of nitrogens with two attached hydrogens (primary N) is 1. The molecule has 2 atom stereocenters. The van der Waals surface area contributed by atoms with Gasteiger partial charge in [0.15, 0.2) is 0 Å². The van der Waals surface area contributed by atoms with Gasteiger partial charge in [0.25, 0.3) is 0 Å². The molecule has 0 aromatic heterocycles. The molecule has 1 heterocycles. The predicted molar refractivity (Wildman–Crippen MR) is 68.6 cm³/mol. The zero-order valence-electron chi connectivity index (χ0n) is 10.6. The van der Waals surface area contributed by atoms with Crippen LogP contribution < -0.4 is 5.73 Å². The third kappa shape index (κ3) is 2.88. The first-order valence-electron chi connectivity index (χ1n) is 6.39. The van der Waals surface area contributed by atoms with Gasteiger partial charge < -0.3 is 10.6 Å². The molecule has 0 radical (unpaired) electrons. The van der Waals surface area contributed by atoms with Crippen molar-refractivity contribution >= 4 is 5.91 Å². The van der Waals surface area contributed by atoms with Crippen molar-refractivity contribution in [2.24, 2.45) is 5.73 Å². The number of nitrogens with zero attached hydrogens (tertiary/aromatic N) is 1. The molecule has 0 spiro atoms. The second kappa shape index (κ2) is 5.48. The van der Waals surface area contributed by atoms with Crippen molar-refractivity contribution in [3.8, 4) is 0 Å². The number of amides is 1. The van der Waals surface area contributed by atoms with Crippen LogP contribution in [-0.2, 0) is 4.79 Å². The molecule has 2 N–H and O–H groups in total. The van der Waals surface area contributed by atoms with E-state index in [0.29, 0.717) is 19.5 Å². The van der Waals surface area contributed by atoms with E-state index in [-0.39, 0.29) is 23.7 Å². The molecular weight excluding hydrogens is 231 g/mol. The van der Waals surface area contributed by atoms with Crippen LogP contribution in [0.4, 0.5) is 4.39 Å². The average molecular weight is 250 g/mol. The Morgan fingerprint density at radius 3 is 2.94 bits per heavy atom. The summed E-state index contributed by atoms with van der Waals surface area (Å²) in [7, 11) is 0. The van der Waals surface area contributed by atoms with E-state index in [1.54, 1.807) is 11.0 Å².